The molecule has 0 atom stereocenters. The van der Waals surface area contributed by atoms with Crippen molar-refractivity contribution >= 4 is 27.6 Å². The van der Waals surface area contributed by atoms with Gasteiger partial charge in [-0.2, -0.15) is 0 Å². The summed E-state index contributed by atoms with van der Waals surface area (Å²) in [6, 6.07) is 5.88. The van der Waals surface area contributed by atoms with E-state index in [9.17, 15) is 4.79 Å². The van der Waals surface area contributed by atoms with Gasteiger partial charge < -0.3 is 10.2 Å². The van der Waals surface area contributed by atoms with E-state index in [1.165, 1.54) is 0 Å². The Balaban J connectivity index is 1.93. The van der Waals surface area contributed by atoms with Gasteiger partial charge in [-0.1, -0.05) is 15.9 Å². The van der Waals surface area contributed by atoms with Gasteiger partial charge in [0.1, 0.15) is 0 Å². The second kappa shape index (κ2) is 6.36. The van der Waals surface area contributed by atoms with Crippen molar-refractivity contribution < 1.29 is 4.79 Å². The fourth-order valence-electron chi connectivity index (χ4n) is 2.54. The smallest absolute Gasteiger partial charge is 0.321 e. The average Bonchev–Trinajstić information content (AvgIpc) is 2.41. The molecule has 0 spiro atoms. The number of hydrogen-bond acceptors (Lipinski definition) is 2. The van der Waals surface area contributed by atoms with Gasteiger partial charge in [0.05, 0.1) is 0 Å². The van der Waals surface area contributed by atoms with Crippen molar-refractivity contribution in [3.05, 3.63) is 28.2 Å². The van der Waals surface area contributed by atoms with E-state index in [0.29, 0.717) is 0 Å². The predicted molar refractivity (Wildman–Crippen MR) is 90.8 cm³/mol. The molecule has 1 N–H and O–H groups in total. The summed E-state index contributed by atoms with van der Waals surface area (Å²) in [5, 5.41) is 3.01. The lowest BCUT2D eigenvalue weighted by molar-refractivity contribution is 0.0774. The zero-order valence-electron chi connectivity index (χ0n) is 13.2. The van der Waals surface area contributed by atoms with Crippen LogP contribution in [0.25, 0.3) is 0 Å². The summed E-state index contributed by atoms with van der Waals surface area (Å²) in [5.74, 6) is 0. The number of carbonyl (C=O) groups excluding carboxylic acids is 1. The van der Waals surface area contributed by atoms with Crippen LogP contribution in [0.2, 0.25) is 0 Å². The number of nitrogens with one attached hydrogen (secondary N) is 1. The van der Waals surface area contributed by atoms with Crippen LogP contribution in [0.1, 0.15) is 26.3 Å². The first-order chi connectivity index (χ1) is 9.77. The van der Waals surface area contributed by atoms with E-state index in [0.717, 1.165) is 41.9 Å². The molecule has 2 amide bonds. The average molecular weight is 354 g/mol. The molecule has 1 aromatic rings. The van der Waals surface area contributed by atoms with Crippen LogP contribution in [0.15, 0.2) is 22.7 Å². The number of rotatable bonds is 1. The van der Waals surface area contributed by atoms with Crippen molar-refractivity contribution in [2.24, 2.45) is 0 Å². The molecule has 21 heavy (non-hydrogen) atoms. The van der Waals surface area contributed by atoms with E-state index >= 15 is 0 Å². The van der Waals surface area contributed by atoms with Gasteiger partial charge in [0, 0.05) is 41.9 Å². The summed E-state index contributed by atoms with van der Waals surface area (Å²) < 4.78 is 1.02. The van der Waals surface area contributed by atoms with E-state index in [4.69, 9.17) is 0 Å². The molecule has 0 aliphatic carbocycles. The standard InChI is InChI=1S/C16H24BrN3O/c1-12-11-13(17)5-6-14(12)18-15(21)19-7-9-20(10-8-19)16(2,3)4/h5-6,11H,7-10H2,1-4H3,(H,18,21). The van der Waals surface area contributed by atoms with Crippen LogP contribution in [0.3, 0.4) is 0 Å². The van der Waals surface area contributed by atoms with E-state index in [-0.39, 0.29) is 11.6 Å². The Hall–Kier alpha value is -1.07. The molecule has 2 rings (SSSR count). The number of halogens is 1. The Morgan fingerprint density at radius 2 is 1.81 bits per heavy atom. The zero-order chi connectivity index (χ0) is 15.6. The molecular formula is C16H24BrN3O. The van der Waals surface area contributed by atoms with Gasteiger partial charge >= 0.3 is 6.03 Å². The van der Waals surface area contributed by atoms with Crippen LogP contribution in [-0.2, 0) is 0 Å². The third-order valence-corrected chi connectivity index (χ3v) is 4.44. The zero-order valence-corrected chi connectivity index (χ0v) is 14.8. The van der Waals surface area contributed by atoms with Gasteiger partial charge in [0.25, 0.3) is 0 Å². The van der Waals surface area contributed by atoms with Crippen molar-refractivity contribution in [2.45, 2.75) is 33.2 Å². The number of piperazine rings is 1. The van der Waals surface area contributed by atoms with Crippen LogP contribution < -0.4 is 5.32 Å². The number of urea groups is 1. The topological polar surface area (TPSA) is 35.6 Å². The number of nitrogens with zero attached hydrogens (tertiary/aromatic N) is 2. The molecule has 0 bridgehead atoms. The van der Waals surface area contributed by atoms with Crippen LogP contribution >= 0.6 is 15.9 Å². The van der Waals surface area contributed by atoms with E-state index < -0.39 is 0 Å². The highest BCUT2D eigenvalue weighted by molar-refractivity contribution is 9.10. The third-order valence-electron chi connectivity index (χ3n) is 3.95. The van der Waals surface area contributed by atoms with Crippen LogP contribution in [0.5, 0.6) is 0 Å². The summed E-state index contributed by atoms with van der Waals surface area (Å²) in [6.07, 6.45) is 0. The highest BCUT2D eigenvalue weighted by atomic mass is 79.9. The lowest BCUT2D eigenvalue weighted by Gasteiger charge is -2.42. The molecule has 1 saturated heterocycles. The highest BCUT2D eigenvalue weighted by Gasteiger charge is 2.27. The van der Waals surface area contributed by atoms with E-state index in [1.54, 1.807) is 0 Å². The van der Waals surface area contributed by atoms with Crippen molar-refractivity contribution in [1.82, 2.24) is 9.80 Å². The molecule has 1 aliphatic rings. The molecule has 0 unspecified atom stereocenters. The quantitative estimate of drug-likeness (QED) is 0.835. The molecular weight excluding hydrogens is 330 g/mol. The summed E-state index contributed by atoms with van der Waals surface area (Å²) in [7, 11) is 0. The van der Waals surface area contributed by atoms with Gasteiger partial charge in [-0.3, -0.25) is 4.90 Å². The molecule has 0 saturated carbocycles. The van der Waals surface area contributed by atoms with Gasteiger partial charge in [-0.25, -0.2) is 4.79 Å². The molecule has 4 nitrogen and oxygen atoms in total. The minimum Gasteiger partial charge on any atom is -0.322 e. The number of carbonyl (C=O) groups is 1. The lowest BCUT2D eigenvalue weighted by Crippen LogP contribution is -2.55. The number of aryl methyl sites for hydroxylation is 1. The fourth-order valence-corrected chi connectivity index (χ4v) is 3.02. The van der Waals surface area contributed by atoms with Gasteiger partial charge in [0.2, 0.25) is 0 Å². The van der Waals surface area contributed by atoms with Crippen LogP contribution in [-0.4, -0.2) is 47.5 Å². The van der Waals surface area contributed by atoms with Crippen molar-refractivity contribution in [3.63, 3.8) is 0 Å². The molecule has 116 valence electrons. The maximum Gasteiger partial charge on any atom is 0.321 e. The summed E-state index contributed by atoms with van der Waals surface area (Å²) in [6.45, 7) is 12.1. The number of benzene rings is 1. The minimum atomic E-state index is -0.00557. The van der Waals surface area contributed by atoms with Crippen molar-refractivity contribution in [2.75, 3.05) is 31.5 Å². The first-order valence-electron chi connectivity index (χ1n) is 7.34. The number of anilines is 1. The van der Waals surface area contributed by atoms with Crippen molar-refractivity contribution in [3.8, 4) is 0 Å². The Morgan fingerprint density at radius 1 is 1.19 bits per heavy atom. The van der Waals surface area contributed by atoms with E-state index in [1.807, 2.05) is 30.0 Å². The maximum atomic E-state index is 12.3. The number of hydrogen-bond donors (Lipinski definition) is 1. The molecule has 1 aliphatic heterocycles. The predicted octanol–water partition coefficient (Wildman–Crippen LogP) is 3.71. The monoisotopic (exact) mass is 353 g/mol. The van der Waals surface area contributed by atoms with Gasteiger partial charge in [-0.05, 0) is 51.5 Å². The molecule has 1 heterocycles. The summed E-state index contributed by atoms with van der Waals surface area (Å²) in [5.41, 5.74) is 2.11. The SMILES string of the molecule is Cc1cc(Br)ccc1NC(=O)N1CCN(C(C)(C)C)CC1. The van der Waals surface area contributed by atoms with Crippen LogP contribution in [0, 0.1) is 6.92 Å². The Kier molecular flexibility index (Phi) is 4.94. The normalized spacial score (nSPS) is 16.9. The first-order valence-corrected chi connectivity index (χ1v) is 8.14. The van der Waals surface area contributed by atoms with Gasteiger partial charge in [-0.15, -0.1) is 0 Å². The minimum absolute atomic E-state index is 0.00557. The Labute approximate surface area is 135 Å². The Morgan fingerprint density at radius 3 is 2.33 bits per heavy atom. The third kappa shape index (κ3) is 4.20. The summed E-state index contributed by atoms with van der Waals surface area (Å²) in [4.78, 5) is 16.7. The largest absolute Gasteiger partial charge is 0.322 e. The molecule has 1 fully saturated rings. The van der Waals surface area contributed by atoms with Crippen LogP contribution in [0.4, 0.5) is 10.5 Å². The molecule has 0 radical (unpaired) electrons. The number of amides is 2. The molecule has 0 aromatic heterocycles. The van der Waals surface area contributed by atoms with E-state index in [2.05, 4.69) is 46.9 Å². The highest BCUT2D eigenvalue weighted by Crippen LogP contribution is 2.21. The first kappa shape index (κ1) is 16.3. The molecule has 1 aromatic carbocycles. The molecule has 5 heteroatoms. The fraction of sp³-hybridized carbons (Fsp3) is 0.562. The second-order valence-electron chi connectivity index (χ2n) is 6.53. The second-order valence-corrected chi connectivity index (χ2v) is 7.45. The lowest BCUT2D eigenvalue weighted by atomic mass is 10.1. The maximum absolute atomic E-state index is 12.3. The Bertz CT molecular complexity index is 517. The van der Waals surface area contributed by atoms with Crippen molar-refractivity contribution in [1.29, 1.82) is 0 Å². The van der Waals surface area contributed by atoms with Gasteiger partial charge in [0.15, 0.2) is 0 Å². The summed E-state index contributed by atoms with van der Waals surface area (Å²) >= 11 is 3.44.